The van der Waals surface area contributed by atoms with E-state index in [2.05, 4.69) is 20.7 Å². The molecule has 1 saturated heterocycles. The molecule has 3 N–H and O–H groups in total. The van der Waals surface area contributed by atoms with Gasteiger partial charge in [0.2, 0.25) is 5.95 Å². The number of hydrogen-bond donors (Lipinski definition) is 3. The molecule has 38 heavy (non-hydrogen) atoms. The number of nitrogens with one attached hydrogen (secondary N) is 2. The lowest BCUT2D eigenvalue weighted by Gasteiger charge is -2.44. The van der Waals surface area contributed by atoms with Gasteiger partial charge in [-0.2, -0.15) is 4.98 Å². The molecule has 2 amide bonds. The molecule has 0 radical (unpaired) electrons. The Kier molecular flexibility index (Phi) is 6.75. The van der Waals surface area contributed by atoms with Crippen molar-refractivity contribution >= 4 is 29.3 Å². The Morgan fingerprint density at radius 1 is 0.974 bits per heavy atom. The summed E-state index contributed by atoms with van der Waals surface area (Å²) in [5.41, 5.74) is 3.81. The molecule has 9 heteroatoms. The van der Waals surface area contributed by atoms with E-state index in [1.54, 1.807) is 16.6 Å². The minimum atomic E-state index is -0.908. The average Bonchev–Trinajstić information content (AvgIpc) is 3.31. The maximum atomic E-state index is 13.0. The zero-order valence-corrected chi connectivity index (χ0v) is 21.8. The molecule has 0 saturated carbocycles. The van der Waals surface area contributed by atoms with Crippen molar-refractivity contribution in [3.05, 3.63) is 78.4 Å². The second kappa shape index (κ2) is 10.2. The molecule has 2 unspecified atom stereocenters. The Hall–Kier alpha value is -4.40. The van der Waals surface area contributed by atoms with E-state index in [-0.39, 0.29) is 23.4 Å². The van der Waals surface area contributed by atoms with Gasteiger partial charge in [-0.3, -0.25) is 4.79 Å². The number of likely N-dealkylation sites (tertiary alicyclic amines) is 1. The van der Waals surface area contributed by atoms with Crippen LogP contribution in [0.3, 0.4) is 0 Å². The number of carbonyl (C=O) groups excluding carboxylic acids is 1. The van der Waals surface area contributed by atoms with Crippen molar-refractivity contribution in [2.24, 2.45) is 5.41 Å². The van der Waals surface area contributed by atoms with Crippen LogP contribution in [0.15, 0.2) is 72.8 Å². The molecule has 5 rings (SSSR count). The van der Waals surface area contributed by atoms with Crippen LogP contribution in [0.25, 0.3) is 16.9 Å². The van der Waals surface area contributed by atoms with Crippen LogP contribution in [-0.2, 0) is 0 Å². The predicted molar refractivity (Wildman–Crippen MR) is 147 cm³/mol. The number of piperidine rings is 1. The smallest absolute Gasteiger partial charge is 0.407 e. The molecule has 196 valence electrons. The van der Waals surface area contributed by atoms with E-state index in [1.807, 2.05) is 81.4 Å². The third-order valence-electron chi connectivity index (χ3n) is 7.02. The summed E-state index contributed by atoms with van der Waals surface area (Å²) in [6.45, 7) is 6.50. The highest BCUT2D eigenvalue weighted by atomic mass is 16.4. The van der Waals surface area contributed by atoms with E-state index in [0.29, 0.717) is 30.9 Å². The lowest BCUT2D eigenvalue weighted by molar-refractivity contribution is 0.0470. The normalized spacial score (nSPS) is 17.8. The number of amides is 2. The second-order valence-electron chi connectivity index (χ2n) is 10.7. The minimum Gasteiger partial charge on any atom is -0.465 e. The first-order valence-corrected chi connectivity index (χ1v) is 12.8. The molecule has 9 nitrogen and oxygen atoms in total. The summed E-state index contributed by atoms with van der Waals surface area (Å²) in [4.78, 5) is 30.7. The summed E-state index contributed by atoms with van der Waals surface area (Å²) in [5, 5.41) is 20.5. The molecule has 0 spiro atoms. The molecule has 2 aromatic carbocycles. The first-order valence-electron chi connectivity index (χ1n) is 12.8. The number of pyridine rings is 1. The Bertz CT molecular complexity index is 1440. The molecule has 1 aliphatic rings. The van der Waals surface area contributed by atoms with Crippen molar-refractivity contribution in [3.63, 3.8) is 0 Å². The third-order valence-corrected chi connectivity index (χ3v) is 7.02. The Balaban J connectivity index is 1.25. The van der Waals surface area contributed by atoms with Gasteiger partial charge < -0.3 is 20.6 Å². The van der Waals surface area contributed by atoms with Gasteiger partial charge in [0.05, 0.1) is 5.69 Å². The van der Waals surface area contributed by atoms with Gasteiger partial charge in [-0.25, -0.2) is 9.31 Å². The van der Waals surface area contributed by atoms with Crippen molar-refractivity contribution < 1.29 is 14.7 Å². The lowest BCUT2D eigenvalue weighted by Crippen LogP contribution is -2.56. The molecule has 2 aromatic heterocycles. The highest BCUT2D eigenvalue weighted by Crippen LogP contribution is 2.32. The van der Waals surface area contributed by atoms with E-state index < -0.39 is 6.09 Å². The molecular weight excluding hydrogens is 480 g/mol. The number of rotatable bonds is 5. The van der Waals surface area contributed by atoms with Gasteiger partial charge in [-0.15, -0.1) is 5.10 Å². The molecule has 1 fully saturated rings. The summed E-state index contributed by atoms with van der Waals surface area (Å²) in [6, 6.07) is 22.8. The van der Waals surface area contributed by atoms with Crippen molar-refractivity contribution in [1.82, 2.24) is 24.8 Å². The van der Waals surface area contributed by atoms with Crippen LogP contribution in [0.4, 0.5) is 16.4 Å². The summed E-state index contributed by atoms with van der Waals surface area (Å²) < 4.78 is 1.81. The van der Waals surface area contributed by atoms with Gasteiger partial charge in [0.1, 0.15) is 0 Å². The highest BCUT2D eigenvalue weighted by molar-refractivity contribution is 5.94. The number of nitrogens with zero attached hydrogens (tertiary/aromatic N) is 4. The lowest BCUT2D eigenvalue weighted by atomic mass is 9.79. The second-order valence-corrected chi connectivity index (χ2v) is 10.7. The van der Waals surface area contributed by atoms with E-state index in [9.17, 15) is 14.7 Å². The standard InChI is InChI=1S/C29H32N6O3/c1-29(2,3)24-18-22(16-17-34(24)28(37)38)30-26(36)20-12-14-21(15-13-20)31-27-32-25-11-7-10-23(35(25)33-27)19-8-5-4-6-9-19/h4-15,22,24H,16-18H2,1-3H3,(H,30,36)(H,31,33)(H,37,38). The van der Waals surface area contributed by atoms with Crippen molar-refractivity contribution in [2.45, 2.75) is 45.7 Å². The van der Waals surface area contributed by atoms with Crippen LogP contribution >= 0.6 is 0 Å². The third kappa shape index (κ3) is 5.32. The van der Waals surface area contributed by atoms with Crippen LogP contribution < -0.4 is 10.6 Å². The quantitative estimate of drug-likeness (QED) is 0.329. The van der Waals surface area contributed by atoms with Gasteiger partial charge in [-0.05, 0) is 54.7 Å². The topological polar surface area (TPSA) is 112 Å². The van der Waals surface area contributed by atoms with E-state index in [4.69, 9.17) is 0 Å². The van der Waals surface area contributed by atoms with Crippen molar-refractivity contribution in [3.8, 4) is 11.3 Å². The van der Waals surface area contributed by atoms with Gasteiger partial charge in [0.15, 0.2) is 5.65 Å². The van der Waals surface area contributed by atoms with Crippen LogP contribution in [0.5, 0.6) is 0 Å². The fourth-order valence-corrected chi connectivity index (χ4v) is 5.03. The first-order chi connectivity index (χ1) is 18.2. The van der Waals surface area contributed by atoms with Crippen molar-refractivity contribution in [1.29, 1.82) is 0 Å². The number of hydrogen-bond acceptors (Lipinski definition) is 5. The van der Waals surface area contributed by atoms with Crippen LogP contribution in [-0.4, -0.2) is 55.2 Å². The largest absolute Gasteiger partial charge is 0.465 e. The first kappa shape index (κ1) is 25.3. The maximum Gasteiger partial charge on any atom is 0.407 e. The van der Waals surface area contributed by atoms with Gasteiger partial charge in [0.25, 0.3) is 5.91 Å². The SMILES string of the molecule is CC(C)(C)C1CC(NC(=O)c2ccc(Nc3nc4cccc(-c5ccccc5)n4n3)cc2)CCN1C(=O)O. The molecule has 3 heterocycles. The Morgan fingerprint density at radius 3 is 2.39 bits per heavy atom. The van der Waals surface area contributed by atoms with Crippen LogP contribution in [0.2, 0.25) is 0 Å². The molecule has 2 atom stereocenters. The predicted octanol–water partition coefficient (Wildman–Crippen LogP) is 5.43. The minimum absolute atomic E-state index is 0.0823. The van der Waals surface area contributed by atoms with Crippen LogP contribution in [0, 0.1) is 5.41 Å². The molecular formula is C29H32N6O3. The molecule has 0 aliphatic carbocycles. The maximum absolute atomic E-state index is 13.0. The van der Waals surface area contributed by atoms with Gasteiger partial charge >= 0.3 is 6.09 Å². The van der Waals surface area contributed by atoms with E-state index >= 15 is 0 Å². The number of anilines is 2. The summed E-state index contributed by atoms with van der Waals surface area (Å²) in [7, 11) is 0. The fraction of sp³-hybridized carbons (Fsp3) is 0.310. The van der Waals surface area contributed by atoms with E-state index in [0.717, 1.165) is 22.6 Å². The highest BCUT2D eigenvalue weighted by Gasteiger charge is 2.39. The fourth-order valence-electron chi connectivity index (χ4n) is 5.03. The summed E-state index contributed by atoms with van der Waals surface area (Å²) >= 11 is 0. The van der Waals surface area contributed by atoms with Crippen LogP contribution in [0.1, 0.15) is 44.0 Å². The Morgan fingerprint density at radius 2 is 1.71 bits per heavy atom. The monoisotopic (exact) mass is 512 g/mol. The number of carbonyl (C=O) groups is 2. The average molecular weight is 513 g/mol. The van der Waals surface area contributed by atoms with Crippen molar-refractivity contribution in [2.75, 3.05) is 11.9 Å². The summed E-state index contributed by atoms with van der Waals surface area (Å²) in [6.07, 6.45) is 0.273. The number of carboxylic acid groups (broad SMARTS) is 1. The molecule has 0 bridgehead atoms. The number of aromatic nitrogens is 3. The Labute approximate surface area is 221 Å². The summed E-state index contributed by atoms with van der Waals surface area (Å²) in [5.74, 6) is 0.292. The zero-order valence-electron chi connectivity index (χ0n) is 21.8. The van der Waals surface area contributed by atoms with Gasteiger partial charge in [-0.1, -0.05) is 57.2 Å². The molecule has 4 aromatic rings. The number of fused-ring (bicyclic) bond motifs is 1. The van der Waals surface area contributed by atoms with E-state index in [1.165, 1.54) is 4.90 Å². The zero-order chi connectivity index (χ0) is 26.9. The number of benzene rings is 2. The van der Waals surface area contributed by atoms with Gasteiger partial charge in [0, 0.05) is 35.4 Å². The molecule has 1 aliphatic heterocycles.